The Morgan fingerprint density at radius 3 is 3.00 bits per heavy atom. The number of H-pyrrole nitrogens is 1. The number of hydrogen-bond donors (Lipinski definition) is 2. The summed E-state index contributed by atoms with van der Waals surface area (Å²) in [4.78, 5) is 0. The van der Waals surface area contributed by atoms with Gasteiger partial charge in [-0.05, 0) is 24.0 Å². The quantitative estimate of drug-likeness (QED) is 0.868. The number of morpholine rings is 1. The molecule has 0 bridgehead atoms. The highest BCUT2D eigenvalue weighted by Crippen LogP contribution is 2.25. The first-order valence-electron chi connectivity index (χ1n) is 7.32. The number of hydrogen-bond acceptors (Lipinski definition) is 3. The van der Waals surface area contributed by atoms with Gasteiger partial charge in [-0.15, -0.1) is 0 Å². The monoisotopic (exact) mass is 269 g/mol. The van der Waals surface area contributed by atoms with E-state index < -0.39 is 0 Å². The van der Waals surface area contributed by atoms with E-state index in [1.165, 1.54) is 16.8 Å². The average Bonchev–Trinajstić information content (AvgIpc) is 2.93. The summed E-state index contributed by atoms with van der Waals surface area (Å²) in [6, 6.07) is 11.0. The first-order chi connectivity index (χ1) is 9.88. The molecule has 2 aromatic rings. The first-order valence-corrected chi connectivity index (χ1v) is 7.32. The number of nitrogens with zero attached hydrogens (tertiary/aromatic N) is 1. The van der Waals surface area contributed by atoms with Gasteiger partial charge < -0.3 is 10.1 Å². The van der Waals surface area contributed by atoms with Crippen LogP contribution in [-0.4, -0.2) is 35.0 Å². The lowest BCUT2D eigenvalue weighted by molar-refractivity contribution is -0.0649. The Balaban J connectivity index is 1.45. The predicted octanol–water partition coefficient (Wildman–Crippen LogP) is 1.48. The molecule has 1 aromatic carbocycles. The van der Waals surface area contributed by atoms with Crippen LogP contribution in [0.5, 0.6) is 0 Å². The van der Waals surface area contributed by atoms with Crippen LogP contribution in [0.4, 0.5) is 0 Å². The Labute approximate surface area is 118 Å². The molecular formula is C16H19N3O. The molecule has 2 aliphatic rings. The van der Waals surface area contributed by atoms with Crippen molar-refractivity contribution in [2.75, 3.05) is 6.54 Å². The molecule has 1 fully saturated rings. The summed E-state index contributed by atoms with van der Waals surface area (Å²) in [7, 11) is 0. The average molecular weight is 269 g/mol. The van der Waals surface area contributed by atoms with Crippen LogP contribution < -0.4 is 5.32 Å². The van der Waals surface area contributed by atoms with E-state index in [0.717, 1.165) is 25.8 Å². The molecule has 4 rings (SSSR count). The van der Waals surface area contributed by atoms with Gasteiger partial charge in [0.15, 0.2) is 0 Å². The minimum Gasteiger partial charge on any atom is -0.371 e. The number of ether oxygens (including phenoxy) is 1. The van der Waals surface area contributed by atoms with Gasteiger partial charge in [0, 0.05) is 24.7 Å². The maximum absolute atomic E-state index is 6.31. The van der Waals surface area contributed by atoms with Crippen molar-refractivity contribution in [2.24, 2.45) is 0 Å². The van der Waals surface area contributed by atoms with E-state index in [9.17, 15) is 0 Å². The summed E-state index contributed by atoms with van der Waals surface area (Å²) >= 11 is 0. The van der Waals surface area contributed by atoms with Crippen molar-refractivity contribution in [1.29, 1.82) is 0 Å². The molecule has 0 radical (unpaired) electrons. The summed E-state index contributed by atoms with van der Waals surface area (Å²) < 4.78 is 6.31. The maximum atomic E-state index is 6.31. The van der Waals surface area contributed by atoms with Crippen LogP contribution >= 0.6 is 0 Å². The van der Waals surface area contributed by atoms with Crippen LogP contribution in [0.3, 0.4) is 0 Å². The highest BCUT2D eigenvalue weighted by molar-refractivity contribution is 5.24. The van der Waals surface area contributed by atoms with Crippen molar-refractivity contribution in [2.45, 2.75) is 37.5 Å². The van der Waals surface area contributed by atoms with Gasteiger partial charge in [0.2, 0.25) is 0 Å². The first kappa shape index (κ1) is 12.1. The molecular weight excluding hydrogens is 250 g/mol. The number of nitrogens with one attached hydrogen (secondary N) is 2. The molecule has 4 nitrogen and oxygen atoms in total. The molecule has 0 amide bonds. The molecule has 0 saturated carbocycles. The van der Waals surface area contributed by atoms with Gasteiger partial charge in [0.25, 0.3) is 0 Å². The fraction of sp³-hybridized carbons (Fsp3) is 0.438. The highest BCUT2D eigenvalue weighted by atomic mass is 16.5. The van der Waals surface area contributed by atoms with Gasteiger partial charge in [-0.2, -0.15) is 5.10 Å². The van der Waals surface area contributed by atoms with Crippen molar-refractivity contribution < 1.29 is 4.74 Å². The Kier molecular flexibility index (Phi) is 3.05. The third-order valence-corrected chi connectivity index (χ3v) is 4.38. The van der Waals surface area contributed by atoms with Crippen LogP contribution in [0.25, 0.3) is 0 Å². The van der Waals surface area contributed by atoms with Crippen molar-refractivity contribution in [3.8, 4) is 0 Å². The van der Waals surface area contributed by atoms with E-state index in [2.05, 4.69) is 45.8 Å². The Bertz CT molecular complexity index is 580. The zero-order valence-corrected chi connectivity index (χ0v) is 11.4. The van der Waals surface area contributed by atoms with Crippen molar-refractivity contribution in [3.63, 3.8) is 0 Å². The molecule has 1 unspecified atom stereocenters. The van der Waals surface area contributed by atoms with E-state index in [1.807, 2.05) is 6.20 Å². The van der Waals surface area contributed by atoms with Gasteiger partial charge in [0.05, 0.1) is 18.4 Å². The smallest absolute Gasteiger partial charge is 0.0791 e. The van der Waals surface area contributed by atoms with Crippen LogP contribution in [0.2, 0.25) is 0 Å². The number of aromatic amines is 1. The molecule has 1 aliphatic carbocycles. The van der Waals surface area contributed by atoms with E-state index >= 15 is 0 Å². The van der Waals surface area contributed by atoms with E-state index in [-0.39, 0.29) is 12.2 Å². The molecule has 20 heavy (non-hydrogen) atoms. The summed E-state index contributed by atoms with van der Waals surface area (Å²) in [5, 5.41) is 10.9. The van der Waals surface area contributed by atoms with Crippen molar-refractivity contribution in [3.05, 3.63) is 53.3 Å². The number of fused-ring (bicyclic) bond motifs is 2. The SMILES string of the molecule is c1ccc(C[C@@H]2CN[C@@H]3Cc4cn[nH]c4CC3O2)cc1. The zero-order chi connectivity index (χ0) is 13.4. The lowest BCUT2D eigenvalue weighted by atomic mass is 9.89. The summed E-state index contributed by atoms with van der Waals surface area (Å²) in [5.74, 6) is 0. The molecule has 2 N–H and O–H groups in total. The Morgan fingerprint density at radius 2 is 2.10 bits per heavy atom. The van der Waals surface area contributed by atoms with Crippen LogP contribution in [0.1, 0.15) is 16.8 Å². The van der Waals surface area contributed by atoms with Gasteiger partial charge in [-0.1, -0.05) is 30.3 Å². The Hall–Kier alpha value is -1.65. The molecule has 4 heteroatoms. The van der Waals surface area contributed by atoms with Crippen LogP contribution in [0, 0.1) is 0 Å². The Morgan fingerprint density at radius 1 is 1.20 bits per heavy atom. The fourth-order valence-electron chi connectivity index (χ4n) is 3.32. The normalized spacial score (nSPS) is 28.7. The van der Waals surface area contributed by atoms with Crippen molar-refractivity contribution in [1.82, 2.24) is 15.5 Å². The third kappa shape index (κ3) is 2.25. The van der Waals surface area contributed by atoms with Crippen molar-refractivity contribution >= 4 is 0 Å². The second-order valence-electron chi connectivity index (χ2n) is 5.78. The molecule has 1 aromatic heterocycles. The molecule has 3 atom stereocenters. The number of aromatic nitrogens is 2. The fourth-order valence-corrected chi connectivity index (χ4v) is 3.32. The largest absolute Gasteiger partial charge is 0.371 e. The maximum Gasteiger partial charge on any atom is 0.0791 e. The van der Waals surface area contributed by atoms with Gasteiger partial charge in [-0.3, -0.25) is 5.10 Å². The van der Waals surface area contributed by atoms with Crippen LogP contribution in [-0.2, 0) is 24.0 Å². The van der Waals surface area contributed by atoms with Crippen LogP contribution in [0.15, 0.2) is 36.5 Å². The van der Waals surface area contributed by atoms with E-state index in [0.29, 0.717) is 6.04 Å². The number of benzene rings is 1. The van der Waals surface area contributed by atoms with E-state index in [4.69, 9.17) is 4.74 Å². The summed E-state index contributed by atoms with van der Waals surface area (Å²) in [6.45, 7) is 0.934. The predicted molar refractivity (Wildman–Crippen MR) is 76.6 cm³/mol. The molecule has 104 valence electrons. The number of rotatable bonds is 2. The topological polar surface area (TPSA) is 49.9 Å². The third-order valence-electron chi connectivity index (χ3n) is 4.38. The van der Waals surface area contributed by atoms with Gasteiger partial charge in [0.1, 0.15) is 0 Å². The zero-order valence-electron chi connectivity index (χ0n) is 11.4. The minimum absolute atomic E-state index is 0.267. The summed E-state index contributed by atoms with van der Waals surface area (Å²) in [6.07, 6.45) is 5.43. The van der Waals surface area contributed by atoms with E-state index in [1.54, 1.807) is 0 Å². The summed E-state index contributed by atoms with van der Waals surface area (Å²) in [5.41, 5.74) is 3.92. The second-order valence-corrected chi connectivity index (χ2v) is 5.78. The second kappa shape index (κ2) is 5.04. The molecule has 0 spiro atoms. The molecule has 1 saturated heterocycles. The highest BCUT2D eigenvalue weighted by Gasteiger charge is 2.35. The molecule has 2 heterocycles. The standard InChI is InChI=1S/C16H19N3O/c1-2-4-11(5-3-1)6-13-10-17-15-7-12-9-18-19-14(12)8-16(15)20-13/h1-5,9,13,15-17H,6-8,10H2,(H,18,19)/t13-,15-,16?/m1/s1. The lowest BCUT2D eigenvalue weighted by Crippen LogP contribution is -2.56. The van der Waals surface area contributed by atoms with Gasteiger partial charge >= 0.3 is 0 Å². The lowest BCUT2D eigenvalue weighted by Gasteiger charge is -2.40. The molecule has 1 aliphatic heterocycles. The minimum atomic E-state index is 0.267. The van der Waals surface area contributed by atoms with Gasteiger partial charge in [-0.25, -0.2) is 0 Å².